The van der Waals surface area contributed by atoms with Crippen LogP contribution >= 0.6 is 0 Å². The Morgan fingerprint density at radius 3 is 2.47 bits per heavy atom. The average Bonchev–Trinajstić information content (AvgIpc) is 2.82. The number of carbonyl (C=O) groups excluding carboxylic acids is 1. The highest BCUT2D eigenvalue weighted by Gasteiger charge is 2.43. The maximum Gasteiger partial charge on any atom is 0.311 e. The third-order valence-corrected chi connectivity index (χ3v) is 6.07. The van der Waals surface area contributed by atoms with Crippen LogP contribution in [0.25, 0.3) is 10.4 Å². The van der Waals surface area contributed by atoms with E-state index in [-0.39, 0.29) is 19.3 Å². The first-order chi connectivity index (χ1) is 16.3. The fourth-order valence-electron chi connectivity index (χ4n) is 4.19. The standard InChI is InChI=1S/C24H35N3O7/c1-15(2)20(21(33-14-31-4)16(3)23(28)29)34-24(30)18-11-8-12-19(26-27-25)22(18)32-13-17-9-6-5-7-10-17/h5-7,9-10,15-16,18-22H,8,11-14H2,1-4H3,(H,28,29)/t16-,18-,19-,20-,21+,22-/m0/s1. The zero-order chi connectivity index (χ0) is 25.1. The van der Waals surface area contributed by atoms with Crippen molar-refractivity contribution < 1.29 is 33.6 Å². The SMILES string of the molecule is COCO[C@H]([C@H](C)C(=O)O)[C@@H](OC(=O)[C@H]1CCC[C@H](N=[N+]=[N-])[C@H]1OCc1ccccc1)C(C)C. The van der Waals surface area contributed by atoms with Crippen molar-refractivity contribution in [2.24, 2.45) is 22.9 Å². The summed E-state index contributed by atoms with van der Waals surface area (Å²) in [6, 6.07) is 9.02. The molecule has 0 spiro atoms. The Kier molecular flexibility index (Phi) is 11.3. The molecule has 1 aliphatic carbocycles. The van der Waals surface area contributed by atoms with Gasteiger partial charge in [-0.05, 0) is 36.8 Å². The minimum atomic E-state index is -1.06. The molecule has 0 heterocycles. The molecule has 1 aromatic rings. The molecule has 10 heteroatoms. The molecule has 0 aliphatic heterocycles. The molecule has 0 saturated heterocycles. The lowest BCUT2D eigenvalue weighted by Crippen LogP contribution is -2.48. The van der Waals surface area contributed by atoms with E-state index in [0.717, 1.165) is 5.56 Å². The summed E-state index contributed by atoms with van der Waals surface area (Å²) >= 11 is 0. The highest BCUT2D eigenvalue weighted by atomic mass is 16.7. The second kappa shape index (κ2) is 13.9. The molecule has 1 fully saturated rings. The van der Waals surface area contributed by atoms with Crippen molar-refractivity contribution in [2.75, 3.05) is 13.9 Å². The van der Waals surface area contributed by atoms with Gasteiger partial charge in [0.15, 0.2) is 0 Å². The first-order valence-corrected chi connectivity index (χ1v) is 11.5. The van der Waals surface area contributed by atoms with Crippen LogP contribution in [0.3, 0.4) is 0 Å². The van der Waals surface area contributed by atoms with E-state index in [4.69, 9.17) is 24.5 Å². The van der Waals surface area contributed by atoms with Gasteiger partial charge in [-0.1, -0.05) is 55.7 Å². The van der Waals surface area contributed by atoms with Gasteiger partial charge in [0.25, 0.3) is 0 Å². The highest BCUT2D eigenvalue weighted by Crippen LogP contribution is 2.33. The minimum absolute atomic E-state index is 0.131. The van der Waals surface area contributed by atoms with Gasteiger partial charge in [-0.15, -0.1) is 0 Å². The predicted octanol–water partition coefficient (Wildman–Crippen LogP) is 4.33. The Morgan fingerprint density at radius 1 is 1.18 bits per heavy atom. The van der Waals surface area contributed by atoms with Crippen molar-refractivity contribution >= 4 is 11.9 Å². The molecule has 0 aromatic heterocycles. The second-order valence-electron chi connectivity index (χ2n) is 8.88. The molecule has 0 unspecified atom stereocenters. The monoisotopic (exact) mass is 477 g/mol. The topological polar surface area (TPSA) is 140 Å². The molecule has 2 rings (SSSR count). The van der Waals surface area contributed by atoms with Crippen LogP contribution in [0.5, 0.6) is 0 Å². The molecule has 0 radical (unpaired) electrons. The molecule has 1 aromatic carbocycles. The summed E-state index contributed by atoms with van der Waals surface area (Å²) in [7, 11) is 1.44. The van der Waals surface area contributed by atoms with Gasteiger partial charge in [0.1, 0.15) is 19.0 Å². The number of hydrogen-bond acceptors (Lipinski definition) is 7. The van der Waals surface area contributed by atoms with Crippen LogP contribution in [-0.4, -0.2) is 55.3 Å². The fourth-order valence-corrected chi connectivity index (χ4v) is 4.19. The van der Waals surface area contributed by atoms with Crippen LogP contribution in [0.2, 0.25) is 0 Å². The molecule has 0 amide bonds. The van der Waals surface area contributed by atoms with Crippen LogP contribution < -0.4 is 0 Å². The van der Waals surface area contributed by atoms with E-state index in [1.807, 2.05) is 44.2 Å². The van der Waals surface area contributed by atoms with Gasteiger partial charge in [0.2, 0.25) is 0 Å². The molecule has 10 nitrogen and oxygen atoms in total. The third kappa shape index (κ3) is 7.70. The first-order valence-electron chi connectivity index (χ1n) is 11.5. The van der Waals surface area contributed by atoms with Crippen LogP contribution in [0.1, 0.15) is 45.6 Å². The summed E-state index contributed by atoms with van der Waals surface area (Å²) in [6.07, 6.45) is -0.573. The maximum absolute atomic E-state index is 13.4. The summed E-state index contributed by atoms with van der Waals surface area (Å²) in [5.74, 6) is -3.38. The van der Waals surface area contributed by atoms with Crippen LogP contribution in [-0.2, 0) is 35.1 Å². The first kappa shape index (κ1) is 27.6. The lowest BCUT2D eigenvalue weighted by molar-refractivity contribution is -0.192. The summed E-state index contributed by atoms with van der Waals surface area (Å²) in [5, 5.41) is 13.4. The van der Waals surface area contributed by atoms with Crippen molar-refractivity contribution in [3.63, 3.8) is 0 Å². The number of azide groups is 1. The van der Waals surface area contributed by atoms with E-state index in [9.17, 15) is 14.7 Å². The number of carboxylic acids is 1. The lowest BCUT2D eigenvalue weighted by Gasteiger charge is -2.37. The number of hydrogen-bond donors (Lipinski definition) is 1. The number of esters is 1. The molecule has 6 atom stereocenters. The largest absolute Gasteiger partial charge is 0.481 e. The zero-order valence-corrected chi connectivity index (χ0v) is 20.2. The fraction of sp³-hybridized carbons (Fsp3) is 0.667. The molecule has 1 saturated carbocycles. The number of nitrogens with zero attached hydrogens (tertiary/aromatic N) is 3. The number of rotatable bonds is 13. The van der Waals surface area contributed by atoms with Gasteiger partial charge in [0, 0.05) is 12.0 Å². The van der Waals surface area contributed by atoms with Gasteiger partial charge in [-0.25, -0.2) is 0 Å². The van der Waals surface area contributed by atoms with Crippen molar-refractivity contribution in [3.8, 4) is 0 Å². The Labute approximate surface area is 200 Å². The van der Waals surface area contributed by atoms with Gasteiger partial charge < -0.3 is 24.1 Å². The van der Waals surface area contributed by atoms with Gasteiger partial charge in [0.05, 0.1) is 30.6 Å². The number of carbonyl (C=O) groups is 2. The number of aliphatic carboxylic acids is 1. The number of carboxylic acid groups (broad SMARTS) is 1. The van der Waals surface area contributed by atoms with E-state index < -0.39 is 48.1 Å². The van der Waals surface area contributed by atoms with E-state index >= 15 is 0 Å². The normalized spacial score (nSPS) is 22.9. The van der Waals surface area contributed by atoms with Crippen molar-refractivity contribution in [3.05, 3.63) is 46.3 Å². The summed E-state index contributed by atoms with van der Waals surface area (Å²) in [5.41, 5.74) is 9.97. The molecule has 0 bridgehead atoms. The Morgan fingerprint density at radius 2 is 1.88 bits per heavy atom. The minimum Gasteiger partial charge on any atom is -0.481 e. The van der Waals surface area contributed by atoms with Crippen molar-refractivity contribution in [1.29, 1.82) is 0 Å². The van der Waals surface area contributed by atoms with Crippen molar-refractivity contribution in [1.82, 2.24) is 0 Å². The van der Waals surface area contributed by atoms with Gasteiger partial charge >= 0.3 is 11.9 Å². The molecule has 188 valence electrons. The zero-order valence-electron chi connectivity index (χ0n) is 20.2. The van der Waals surface area contributed by atoms with E-state index in [0.29, 0.717) is 19.3 Å². The Hall–Kier alpha value is -2.65. The molecule has 1 aliphatic rings. The molecular weight excluding hydrogens is 442 g/mol. The van der Waals surface area contributed by atoms with Crippen LogP contribution in [0.15, 0.2) is 35.4 Å². The van der Waals surface area contributed by atoms with Gasteiger partial charge in [-0.2, -0.15) is 0 Å². The van der Waals surface area contributed by atoms with E-state index in [1.165, 1.54) is 14.0 Å². The van der Waals surface area contributed by atoms with E-state index in [1.54, 1.807) is 0 Å². The molecule has 1 N–H and O–H groups in total. The summed E-state index contributed by atoms with van der Waals surface area (Å²) < 4.78 is 22.6. The average molecular weight is 478 g/mol. The second-order valence-corrected chi connectivity index (χ2v) is 8.88. The van der Waals surface area contributed by atoms with Crippen LogP contribution in [0, 0.1) is 17.8 Å². The lowest BCUT2D eigenvalue weighted by atomic mass is 9.82. The summed E-state index contributed by atoms with van der Waals surface area (Å²) in [4.78, 5) is 28.0. The Bertz CT molecular complexity index is 829. The maximum atomic E-state index is 13.4. The summed E-state index contributed by atoms with van der Waals surface area (Å²) in [6.45, 7) is 5.31. The Balaban J connectivity index is 2.24. The van der Waals surface area contributed by atoms with Crippen molar-refractivity contribution in [2.45, 2.75) is 71.0 Å². The number of methoxy groups -OCH3 is 1. The smallest absolute Gasteiger partial charge is 0.311 e. The molecular formula is C24H35N3O7. The molecule has 34 heavy (non-hydrogen) atoms. The quantitative estimate of drug-likeness (QED) is 0.147. The van der Waals surface area contributed by atoms with Crippen LogP contribution in [0.4, 0.5) is 0 Å². The predicted molar refractivity (Wildman–Crippen MR) is 124 cm³/mol. The number of ether oxygens (including phenoxy) is 4. The third-order valence-electron chi connectivity index (χ3n) is 6.07. The number of benzene rings is 1. The van der Waals surface area contributed by atoms with Gasteiger partial charge in [-0.3, -0.25) is 9.59 Å². The van der Waals surface area contributed by atoms with E-state index in [2.05, 4.69) is 10.0 Å². The highest BCUT2D eigenvalue weighted by molar-refractivity contribution is 5.74.